The number of hydrogen-bond acceptors (Lipinski definition) is 5. The van der Waals surface area contributed by atoms with Crippen LogP contribution in [-0.2, 0) is 4.79 Å². The van der Waals surface area contributed by atoms with Gasteiger partial charge in [0.25, 0.3) is 11.6 Å². The van der Waals surface area contributed by atoms with E-state index < -0.39 is 10.8 Å². The first-order valence-corrected chi connectivity index (χ1v) is 6.72. The number of nitro groups is 1. The van der Waals surface area contributed by atoms with E-state index >= 15 is 0 Å². The van der Waals surface area contributed by atoms with Crippen molar-refractivity contribution in [3.8, 4) is 0 Å². The maximum absolute atomic E-state index is 11.9. The van der Waals surface area contributed by atoms with Gasteiger partial charge in [0.2, 0.25) is 5.91 Å². The highest BCUT2D eigenvalue weighted by Gasteiger charge is 2.23. The van der Waals surface area contributed by atoms with Crippen LogP contribution in [0.4, 0.5) is 5.69 Å². The van der Waals surface area contributed by atoms with E-state index in [0.29, 0.717) is 0 Å². The molecule has 1 heterocycles. The Labute approximate surface area is 125 Å². The predicted octanol–water partition coefficient (Wildman–Crippen LogP) is 1.04. The second-order valence-corrected chi connectivity index (χ2v) is 4.99. The Morgan fingerprint density at radius 3 is 2.81 bits per heavy atom. The maximum Gasteiger partial charge on any atom is 0.288 e. The average molecular weight is 313 g/mol. The highest BCUT2D eigenvalue weighted by atomic mass is 35.5. The Morgan fingerprint density at radius 2 is 2.19 bits per heavy atom. The Morgan fingerprint density at radius 1 is 1.48 bits per heavy atom. The lowest BCUT2D eigenvalue weighted by atomic mass is 10.2. The fourth-order valence-electron chi connectivity index (χ4n) is 1.61. The van der Waals surface area contributed by atoms with Crippen LogP contribution in [0, 0.1) is 10.1 Å². The van der Waals surface area contributed by atoms with E-state index in [9.17, 15) is 19.7 Å². The minimum absolute atomic E-state index is 0.0894. The van der Waals surface area contributed by atoms with Crippen LogP contribution in [0.5, 0.6) is 0 Å². The van der Waals surface area contributed by atoms with Crippen LogP contribution < -0.4 is 10.6 Å². The first kappa shape index (κ1) is 15.2. The summed E-state index contributed by atoms with van der Waals surface area (Å²) in [4.78, 5) is 36.9. The molecule has 0 radical (unpaired) electrons. The molecule has 112 valence electrons. The highest BCUT2D eigenvalue weighted by Crippen LogP contribution is 2.19. The van der Waals surface area contributed by atoms with Crippen molar-refractivity contribution in [1.29, 1.82) is 0 Å². The summed E-state index contributed by atoms with van der Waals surface area (Å²) in [6.07, 6.45) is 3.10. The van der Waals surface area contributed by atoms with E-state index in [2.05, 4.69) is 15.6 Å². The lowest BCUT2D eigenvalue weighted by Crippen LogP contribution is -2.31. The lowest BCUT2D eigenvalue weighted by Gasteiger charge is -2.06. The fourth-order valence-corrected chi connectivity index (χ4v) is 1.80. The second kappa shape index (κ2) is 6.49. The van der Waals surface area contributed by atoms with Gasteiger partial charge in [-0.05, 0) is 12.8 Å². The van der Waals surface area contributed by atoms with Crippen LogP contribution in [0.15, 0.2) is 12.3 Å². The summed E-state index contributed by atoms with van der Waals surface area (Å²) in [5.74, 6) is -0.739. The molecular weight excluding hydrogens is 300 g/mol. The number of rotatable bonds is 6. The monoisotopic (exact) mass is 312 g/mol. The van der Waals surface area contributed by atoms with Crippen LogP contribution in [0.25, 0.3) is 0 Å². The van der Waals surface area contributed by atoms with Crippen molar-refractivity contribution in [2.24, 2.45) is 0 Å². The summed E-state index contributed by atoms with van der Waals surface area (Å²) in [7, 11) is 0. The third kappa shape index (κ3) is 4.38. The molecule has 1 aromatic rings. The van der Waals surface area contributed by atoms with Crippen LogP contribution in [-0.4, -0.2) is 34.3 Å². The van der Waals surface area contributed by atoms with Gasteiger partial charge in [-0.2, -0.15) is 0 Å². The molecule has 2 amide bonds. The zero-order chi connectivity index (χ0) is 15.4. The van der Waals surface area contributed by atoms with Crippen molar-refractivity contribution in [3.05, 3.63) is 33.1 Å². The van der Waals surface area contributed by atoms with Crippen LogP contribution in [0.3, 0.4) is 0 Å². The molecule has 2 N–H and O–H groups in total. The molecule has 0 aromatic carbocycles. The average Bonchev–Trinajstić information content (AvgIpc) is 3.22. The number of amides is 2. The molecule has 1 aromatic heterocycles. The van der Waals surface area contributed by atoms with Gasteiger partial charge in [0.1, 0.15) is 11.3 Å². The minimum atomic E-state index is -0.664. The molecular formula is C12H13ClN4O4. The number of aromatic nitrogens is 1. The van der Waals surface area contributed by atoms with Gasteiger partial charge in [-0.25, -0.2) is 4.98 Å². The van der Waals surface area contributed by atoms with Crippen LogP contribution in [0.2, 0.25) is 5.15 Å². The molecule has 0 atom stereocenters. The zero-order valence-corrected chi connectivity index (χ0v) is 11.7. The summed E-state index contributed by atoms with van der Waals surface area (Å²) >= 11 is 5.74. The predicted molar refractivity (Wildman–Crippen MR) is 74.0 cm³/mol. The summed E-state index contributed by atoms with van der Waals surface area (Å²) in [5.41, 5.74) is -0.413. The number of pyridine rings is 1. The molecule has 0 saturated heterocycles. The fraction of sp³-hybridized carbons (Fsp3) is 0.417. The Kier molecular flexibility index (Phi) is 4.69. The molecule has 2 rings (SSSR count). The molecule has 21 heavy (non-hydrogen) atoms. The van der Waals surface area contributed by atoms with Crippen LogP contribution >= 0.6 is 11.6 Å². The number of carbonyl (C=O) groups is 2. The Balaban J connectivity index is 1.88. The van der Waals surface area contributed by atoms with Gasteiger partial charge in [0, 0.05) is 25.1 Å². The quantitative estimate of drug-likeness (QED) is 0.463. The van der Waals surface area contributed by atoms with E-state index in [1.807, 2.05) is 0 Å². The van der Waals surface area contributed by atoms with E-state index in [0.717, 1.165) is 25.1 Å². The van der Waals surface area contributed by atoms with Crippen molar-refractivity contribution in [2.45, 2.75) is 25.3 Å². The SMILES string of the molecule is O=C(CCNC(=O)c1cc([N+](=O)[O-])cnc1Cl)NC1CC1. The van der Waals surface area contributed by atoms with Crippen molar-refractivity contribution in [2.75, 3.05) is 6.54 Å². The topological polar surface area (TPSA) is 114 Å². The van der Waals surface area contributed by atoms with Gasteiger partial charge < -0.3 is 10.6 Å². The maximum atomic E-state index is 11.9. The number of halogens is 1. The molecule has 1 fully saturated rings. The third-order valence-electron chi connectivity index (χ3n) is 2.86. The summed E-state index contributed by atoms with van der Waals surface area (Å²) in [6, 6.07) is 1.32. The van der Waals surface area contributed by atoms with Gasteiger partial charge in [-0.1, -0.05) is 11.6 Å². The molecule has 0 unspecified atom stereocenters. The van der Waals surface area contributed by atoms with Crippen LogP contribution in [0.1, 0.15) is 29.6 Å². The van der Waals surface area contributed by atoms with E-state index in [1.54, 1.807) is 0 Å². The number of carbonyl (C=O) groups excluding carboxylic acids is 2. The summed E-state index contributed by atoms with van der Waals surface area (Å²) in [6.45, 7) is 0.121. The zero-order valence-electron chi connectivity index (χ0n) is 11.0. The van der Waals surface area contributed by atoms with E-state index in [1.165, 1.54) is 0 Å². The molecule has 1 saturated carbocycles. The van der Waals surface area contributed by atoms with Gasteiger partial charge in [0.05, 0.1) is 10.5 Å². The minimum Gasteiger partial charge on any atom is -0.353 e. The first-order valence-electron chi connectivity index (χ1n) is 6.35. The van der Waals surface area contributed by atoms with E-state index in [-0.39, 0.29) is 41.3 Å². The van der Waals surface area contributed by atoms with Crippen molar-refractivity contribution < 1.29 is 14.5 Å². The molecule has 9 heteroatoms. The van der Waals surface area contributed by atoms with Gasteiger partial charge in [-0.3, -0.25) is 19.7 Å². The second-order valence-electron chi connectivity index (χ2n) is 4.64. The molecule has 1 aliphatic carbocycles. The lowest BCUT2D eigenvalue weighted by molar-refractivity contribution is -0.385. The summed E-state index contributed by atoms with van der Waals surface area (Å²) < 4.78 is 0. The van der Waals surface area contributed by atoms with Crippen molar-refractivity contribution in [1.82, 2.24) is 15.6 Å². The smallest absolute Gasteiger partial charge is 0.288 e. The van der Waals surface area contributed by atoms with E-state index in [4.69, 9.17) is 11.6 Å². The number of hydrogen-bond donors (Lipinski definition) is 2. The molecule has 0 bridgehead atoms. The molecule has 1 aliphatic rings. The molecule has 8 nitrogen and oxygen atoms in total. The van der Waals surface area contributed by atoms with Gasteiger partial charge in [0.15, 0.2) is 0 Å². The molecule has 0 aliphatic heterocycles. The Bertz CT molecular complexity index is 589. The Hall–Kier alpha value is -2.22. The number of nitrogens with one attached hydrogen (secondary N) is 2. The van der Waals surface area contributed by atoms with Gasteiger partial charge >= 0.3 is 0 Å². The van der Waals surface area contributed by atoms with Gasteiger partial charge in [-0.15, -0.1) is 0 Å². The third-order valence-corrected chi connectivity index (χ3v) is 3.16. The molecule has 0 spiro atoms. The standard InChI is InChI=1S/C12H13ClN4O4/c13-11-9(5-8(6-15-11)17(20)21)12(19)14-4-3-10(18)16-7-1-2-7/h5-7H,1-4H2,(H,14,19)(H,16,18). The summed E-state index contributed by atoms with van der Waals surface area (Å²) in [5, 5.41) is 15.8. The largest absolute Gasteiger partial charge is 0.353 e. The number of nitrogens with zero attached hydrogens (tertiary/aromatic N) is 2. The van der Waals surface area contributed by atoms with Crippen molar-refractivity contribution in [3.63, 3.8) is 0 Å². The first-order chi connectivity index (χ1) is 9.97. The highest BCUT2D eigenvalue weighted by molar-refractivity contribution is 6.32. The normalized spacial score (nSPS) is 13.6. The van der Waals surface area contributed by atoms with Crippen molar-refractivity contribution >= 4 is 29.1 Å².